The maximum Gasteiger partial charge on any atom is 0.329 e. The van der Waals surface area contributed by atoms with Crippen LogP contribution in [0.15, 0.2) is 24.3 Å². The van der Waals surface area contributed by atoms with Crippen LogP contribution in [0, 0.1) is 17.8 Å². The van der Waals surface area contributed by atoms with Gasteiger partial charge in [0.15, 0.2) is 6.61 Å². The zero-order chi connectivity index (χ0) is 22.0. The number of likely N-dealkylation sites (tertiary alicyclic amines) is 1. The summed E-state index contributed by atoms with van der Waals surface area (Å²) in [5.41, 5.74) is 0.577. The Kier molecular flexibility index (Phi) is 6.58. The third kappa shape index (κ3) is 4.55. The molecule has 2 heterocycles. The number of piperidine rings is 1. The summed E-state index contributed by atoms with van der Waals surface area (Å²) >= 11 is 0. The highest BCUT2D eigenvalue weighted by molar-refractivity contribution is 6.22. The normalized spacial score (nSPS) is 22.3. The molecule has 1 aromatic carbocycles. The lowest BCUT2D eigenvalue weighted by molar-refractivity contribution is -0.156. The molecule has 0 N–H and O–H groups in total. The lowest BCUT2D eigenvalue weighted by Gasteiger charge is -2.35. The molecule has 7 nitrogen and oxygen atoms in total. The number of hydrogen-bond acceptors (Lipinski definition) is 5. The van der Waals surface area contributed by atoms with Crippen molar-refractivity contribution in [1.82, 2.24) is 9.80 Å². The Morgan fingerprint density at radius 1 is 1.03 bits per heavy atom. The van der Waals surface area contributed by atoms with Gasteiger partial charge in [0.2, 0.25) is 0 Å². The summed E-state index contributed by atoms with van der Waals surface area (Å²) < 4.78 is 5.32. The molecule has 0 radical (unpaired) electrons. The Hall–Kier alpha value is -2.70. The van der Waals surface area contributed by atoms with Gasteiger partial charge in [0, 0.05) is 13.1 Å². The summed E-state index contributed by atoms with van der Waals surface area (Å²) in [4.78, 5) is 53.8. The van der Waals surface area contributed by atoms with Gasteiger partial charge in [0.25, 0.3) is 17.7 Å². The molecule has 2 aliphatic rings. The molecule has 0 aliphatic carbocycles. The third-order valence-electron chi connectivity index (χ3n) is 5.66. The molecule has 30 heavy (non-hydrogen) atoms. The molecule has 3 rings (SSSR count). The highest BCUT2D eigenvalue weighted by Gasteiger charge is 2.43. The monoisotopic (exact) mass is 414 g/mol. The van der Waals surface area contributed by atoms with Crippen LogP contribution >= 0.6 is 0 Å². The number of carbonyl (C=O) groups excluding carboxylic acids is 4. The molecule has 1 fully saturated rings. The Balaban J connectivity index is 1.70. The van der Waals surface area contributed by atoms with E-state index in [2.05, 4.69) is 13.8 Å². The summed E-state index contributed by atoms with van der Waals surface area (Å²) in [5.74, 6) is -1.10. The van der Waals surface area contributed by atoms with E-state index in [4.69, 9.17) is 4.74 Å². The van der Waals surface area contributed by atoms with E-state index in [1.807, 2.05) is 13.8 Å². The van der Waals surface area contributed by atoms with Crippen LogP contribution in [0.3, 0.4) is 0 Å². The Morgan fingerprint density at radius 2 is 1.57 bits per heavy atom. The smallest absolute Gasteiger partial charge is 0.329 e. The molecule has 2 aliphatic heterocycles. The van der Waals surface area contributed by atoms with Crippen molar-refractivity contribution in [1.29, 1.82) is 0 Å². The van der Waals surface area contributed by atoms with Gasteiger partial charge in [0.05, 0.1) is 11.1 Å². The van der Waals surface area contributed by atoms with Crippen molar-refractivity contribution in [2.45, 2.75) is 46.6 Å². The van der Waals surface area contributed by atoms with Crippen LogP contribution in [0.5, 0.6) is 0 Å². The quantitative estimate of drug-likeness (QED) is 0.528. The predicted octanol–water partition coefficient (Wildman–Crippen LogP) is 2.75. The van der Waals surface area contributed by atoms with E-state index in [-0.39, 0.29) is 36.0 Å². The number of ether oxygens (including phenoxy) is 1. The minimum Gasteiger partial charge on any atom is -0.454 e. The number of amides is 3. The van der Waals surface area contributed by atoms with Gasteiger partial charge in [0.1, 0.15) is 6.04 Å². The fourth-order valence-electron chi connectivity index (χ4n) is 4.43. The van der Waals surface area contributed by atoms with E-state index in [1.54, 1.807) is 29.2 Å². The van der Waals surface area contributed by atoms with Gasteiger partial charge in [-0.15, -0.1) is 0 Å². The number of hydrogen-bond donors (Lipinski definition) is 0. The fourth-order valence-corrected chi connectivity index (χ4v) is 4.43. The molecule has 0 aromatic heterocycles. The molecule has 7 heteroatoms. The van der Waals surface area contributed by atoms with E-state index >= 15 is 0 Å². The van der Waals surface area contributed by atoms with Gasteiger partial charge in [-0.05, 0) is 42.7 Å². The Bertz CT molecular complexity index is 805. The van der Waals surface area contributed by atoms with Crippen molar-refractivity contribution in [2.24, 2.45) is 17.8 Å². The van der Waals surface area contributed by atoms with E-state index in [9.17, 15) is 19.2 Å². The summed E-state index contributed by atoms with van der Waals surface area (Å²) in [5, 5.41) is 0. The van der Waals surface area contributed by atoms with Crippen molar-refractivity contribution < 1.29 is 23.9 Å². The SMILES string of the molecule is CC(C)C[C@H](C(=O)OCC(=O)N1C[C@@H](C)C[C@H](C)C1)N1C(=O)c2ccccc2C1=O. The van der Waals surface area contributed by atoms with Gasteiger partial charge in [-0.1, -0.05) is 39.8 Å². The molecule has 1 aromatic rings. The van der Waals surface area contributed by atoms with Crippen molar-refractivity contribution >= 4 is 23.7 Å². The number of imide groups is 1. The molecule has 0 spiro atoms. The van der Waals surface area contributed by atoms with Crippen LogP contribution in [-0.2, 0) is 14.3 Å². The number of carbonyl (C=O) groups is 4. The molecule has 3 amide bonds. The van der Waals surface area contributed by atoms with Gasteiger partial charge in [-0.25, -0.2) is 4.79 Å². The van der Waals surface area contributed by atoms with Crippen molar-refractivity contribution in [3.63, 3.8) is 0 Å². The Morgan fingerprint density at radius 3 is 2.07 bits per heavy atom. The van der Waals surface area contributed by atoms with E-state index in [0.717, 1.165) is 11.3 Å². The van der Waals surface area contributed by atoms with Crippen LogP contribution in [0.4, 0.5) is 0 Å². The minimum absolute atomic E-state index is 0.0476. The average molecular weight is 415 g/mol. The zero-order valence-electron chi connectivity index (χ0n) is 18.1. The molecule has 162 valence electrons. The van der Waals surface area contributed by atoms with E-state index in [1.165, 1.54) is 0 Å². The first-order valence-corrected chi connectivity index (χ1v) is 10.6. The van der Waals surface area contributed by atoms with Gasteiger partial charge >= 0.3 is 5.97 Å². The molecule has 1 saturated heterocycles. The first-order chi connectivity index (χ1) is 14.2. The molecule has 0 bridgehead atoms. The third-order valence-corrected chi connectivity index (χ3v) is 5.66. The predicted molar refractivity (Wildman–Crippen MR) is 111 cm³/mol. The van der Waals surface area contributed by atoms with Gasteiger partial charge in [-0.2, -0.15) is 0 Å². The second kappa shape index (κ2) is 8.98. The Labute approximate surface area is 177 Å². The number of esters is 1. The number of benzene rings is 1. The van der Waals surface area contributed by atoms with E-state index in [0.29, 0.717) is 24.9 Å². The first kappa shape index (κ1) is 22.0. The van der Waals surface area contributed by atoms with Crippen LogP contribution in [0.2, 0.25) is 0 Å². The van der Waals surface area contributed by atoms with Crippen LogP contribution < -0.4 is 0 Å². The fraction of sp³-hybridized carbons (Fsp3) is 0.565. The number of nitrogens with zero attached hydrogens (tertiary/aromatic N) is 2. The van der Waals surface area contributed by atoms with Gasteiger partial charge in [-0.3, -0.25) is 19.3 Å². The topological polar surface area (TPSA) is 84.0 Å². The molecule has 0 unspecified atom stereocenters. The van der Waals surface area contributed by atoms with Crippen molar-refractivity contribution in [3.8, 4) is 0 Å². The molecular formula is C23H30N2O5. The average Bonchev–Trinajstić information content (AvgIpc) is 2.94. The first-order valence-electron chi connectivity index (χ1n) is 10.6. The highest BCUT2D eigenvalue weighted by Crippen LogP contribution is 2.27. The van der Waals surface area contributed by atoms with Gasteiger partial charge < -0.3 is 9.64 Å². The zero-order valence-corrected chi connectivity index (χ0v) is 18.1. The lowest BCUT2D eigenvalue weighted by Crippen LogP contribution is -2.48. The summed E-state index contributed by atoms with van der Waals surface area (Å²) in [6, 6.07) is 5.47. The number of fused-ring (bicyclic) bond motifs is 1. The molecule has 0 saturated carbocycles. The van der Waals surface area contributed by atoms with Crippen molar-refractivity contribution in [2.75, 3.05) is 19.7 Å². The summed E-state index contributed by atoms with van der Waals surface area (Å²) in [6.45, 7) is 8.92. The highest BCUT2D eigenvalue weighted by atomic mass is 16.5. The summed E-state index contributed by atoms with van der Waals surface area (Å²) in [7, 11) is 0. The second-order valence-electron chi connectivity index (χ2n) is 9.02. The largest absolute Gasteiger partial charge is 0.454 e. The van der Waals surface area contributed by atoms with Crippen LogP contribution in [-0.4, -0.2) is 59.2 Å². The number of rotatable bonds is 6. The standard InChI is InChI=1S/C23H30N2O5/c1-14(2)9-19(25-21(27)17-7-5-6-8-18(17)22(25)28)23(29)30-13-20(26)24-11-15(3)10-16(4)12-24/h5-8,14-16,19H,9-13H2,1-4H3/t15-,16-,19+/m0/s1. The molecular weight excluding hydrogens is 384 g/mol. The van der Waals surface area contributed by atoms with Crippen LogP contribution in [0.1, 0.15) is 61.3 Å². The van der Waals surface area contributed by atoms with E-state index < -0.39 is 23.8 Å². The minimum atomic E-state index is -1.05. The second-order valence-corrected chi connectivity index (χ2v) is 9.02. The van der Waals surface area contributed by atoms with Crippen molar-refractivity contribution in [3.05, 3.63) is 35.4 Å². The summed E-state index contributed by atoms with van der Waals surface area (Å²) in [6.07, 6.45) is 1.34. The maximum atomic E-state index is 12.9. The lowest BCUT2D eigenvalue weighted by atomic mass is 9.92. The van der Waals surface area contributed by atoms with Crippen LogP contribution in [0.25, 0.3) is 0 Å². The molecule has 3 atom stereocenters. The maximum absolute atomic E-state index is 12.9.